The molecule has 1 N–H and O–H groups in total. The molecular weight excluding hydrogens is 454 g/mol. The first-order valence-corrected chi connectivity index (χ1v) is 14.2. The van der Waals surface area contributed by atoms with Gasteiger partial charge in [0.05, 0.1) is 0 Å². The molecule has 5 rings (SSSR count). The second kappa shape index (κ2) is 11.1. The van der Waals surface area contributed by atoms with Crippen molar-refractivity contribution in [1.82, 2.24) is 4.90 Å². The number of likely N-dealkylation sites (tertiary alicyclic amines) is 1. The van der Waals surface area contributed by atoms with Crippen molar-refractivity contribution in [2.24, 2.45) is 5.92 Å². The number of thiophene rings is 1. The first-order chi connectivity index (χ1) is 17.1. The highest BCUT2D eigenvalue weighted by molar-refractivity contribution is 7.19. The van der Waals surface area contributed by atoms with Gasteiger partial charge in [-0.05, 0) is 86.7 Å². The minimum atomic E-state index is 0.0748. The lowest BCUT2D eigenvalue weighted by molar-refractivity contribution is 0.103. The molecule has 3 aromatic rings. The molecule has 2 aliphatic rings. The molecule has 2 unspecified atom stereocenters. The Kier molecular flexibility index (Phi) is 7.74. The van der Waals surface area contributed by atoms with Crippen molar-refractivity contribution in [1.29, 1.82) is 0 Å². The number of phenols is 1. The van der Waals surface area contributed by atoms with Gasteiger partial charge in [0, 0.05) is 32.6 Å². The van der Waals surface area contributed by atoms with Crippen LogP contribution in [-0.2, 0) is 0 Å². The topological polar surface area (TPSA) is 49.8 Å². The Balaban J connectivity index is 1.34. The van der Waals surface area contributed by atoms with Crippen LogP contribution in [0.15, 0.2) is 42.5 Å². The summed E-state index contributed by atoms with van der Waals surface area (Å²) < 4.78 is 7.01. The van der Waals surface area contributed by atoms with E-state index in [9.17, 15) is 9.90 Å². The van der Waals surface area contributed by atoms with Crippen LogP contribution in [0, 0.1) is 5.92 Å². The Morgan fingerprint density at radius 1 is 1.00 bits per heavy atom. The number of phenolic OH excluding ortho intramolecular Hbond substituents is 1. The molecule has 5 heteroatoms. The van der Waals surface area contributed by atoms with Crippen LogP contribution in [0.2, 0.25) is 0 Å². The molecule has 0 radical (unpaired) electrons. The molecule has 4 nitrogen and oxygen atoms in total. The van der Waals surface area contributed by atoms with Crippen molar-refractivity contribution in [3.8, 4) is 11.5 Å². The lowest BCUT2D eigenvalue weighted by Gasteiger charge is -2.28. The lowest BCUT2D eigenvalue weighted by atomic mass is 9.78. The summed E-state index contributed by atoms with van der Waals surface area (Å²) >= 11 is 1.69. The van der Waals surface area contributed by atoms with E-state index in [1.807, 2.05) is 30.3 Å². The van der Waals surface area contributed by atoms with Crippen molar-refractivity contribution in [2.75, 3.05) is 26.2 Å². The fraction of sp³-hybridized carbons (Fsp3) is 0.500. The molecule has 1 saturated heterocycles. The molecule has 1 aliphatic heterocycles. The van der Waals surface area contributed by atoms with Gasteiger partial charge in [0.25, 0.3) is 0 Å². The van der Waals surface area contributed by atoms with E-state index in [0.29, 0.717) is 24.0 Å². The minimum absolute atomic E-state index is 0.0748. The second-order valence-corrected chi connectivity index (χ2v) is 11.4. The summed E-state index contributed by atoms with van der Waals surface area (Å²) in [7, 11) is 0. The van der Waals surface area contributed by atoms with E-state index in [1.165, 1.54) is 62.9 Å². The zero-order chi connectivity index (χ0) is 24.2. The number of benzene rings is 2. The van der Waals surface area contributed by atoms with Crippen LogP contribution in [0.25, 0.3) is 10.1 Å². The summed E-state index contributed by atoms with van der Waals surface area (Å²) in [6.07, 6.45) is 10.1. The van der Waals surface area contributed by atoms with Gasteiger partial charge in [-0.15, -0.1) is 11.3 Å². The van der Waals surface area contributed by atoms with Gasteiger partial charge in [0.1, 0.15) is 18.1 Å². The number of ether oxygens (including phenoxy) is 1. The average Bonchev–Trinajstić information content (AvgIpc) is 3.03. The lowest BCUT2D eigenvalue weighted by Crippen LogP contribution is -2.29. The van der Waals surface area contributed by atoms with Gasteiger partial charge in [0.2, 0.25) is 0 Å². The van der Waals surface area contributed by atoms with Crippen LogP contribution in [-0.4, -0.2) is 42.0 Å². The molecule has 2 fully saturated rings. The number of nitrogens with zero attached hydrogens (tertiary/aromatic N) is 1. The van der Waals surface area contributed by atoms with Gasteiger partial charge in [-0.3, -0.25) is 9.69 Å². The molecule has 2 heterocycles. The van der Waals surface area contributed by atoms with Crippen LogP contribution in [0.5, 0.6) is 11.5 Å². The van der Waals surface area contributed by atoms with Crippen LogP contribution in [0.4, 0.5) is 0 Å². The van der Waals surface area contributed by atoms with Crippen molar-refractivity contribution in [2.45, 2.75) is 64.2 Å². The number of hydrogen-bond acceptors (Lipinski definition) is 5. The zero-order valence-corrected chi connectivity index (χ0v) is 21.6. The summed E-state index contributed by atoms with van der Waals surface area (Å²) in [5.41, 5.74) is 1.53. The monoisotopic (exact) mass is 491 g/mol. The van der Waals surface area contributed by atoms with E-state index in [4.69, 9.17) is 4.74 Å². The molecule has 35 heavy (non-hydrogen) atoms. The third-order valence-electron chi connectivity index (χ3n) is 7.87. The maximum Gasteiger partial charge on any atom is 0.194 e. The molecule has 2 aromatic carbocycles. The molecule has 0 spiro atoms. The van der Waals surface area contributed by atoms with E-state index in [1.54, 1.807) is 23.5 Å². The summed E-state index contributed by atoms with van der Waals surface area (Å²) in [6, 6.07) is 13.1. The molecule has 0 bridgehead atoms. The maximum absolute atomic E-state index is 13.8. The summed E-state index contributed by atoms with van der Waals surface area (Å²) in [4.78, 5) is 17.5. The van der Waals surface area contributed by atoms with Gasteiger partial charge in [-0.25, -0.2) is 0 Å². The van der Waals surface area contributed by atoms with Gasteiger partial charge < -0.3 is 9.84 Å². The van der Waals surface area contributed by atoms with Gasteiger partial charge >= 0.3 is 0 Å². The van der Waals surface area contributed by atoms with Crippen LogP contribution >= 0.6 is 11.3 Å². The molecule has 1 aliphatic carbocycles. The van der Waals surface area contributed by atoms with Crippen LogP contribution in [0.1, 0.15) is 85.0 Å². The first kappa shape index (κ1) is 24.3. The number of ketones is 1. The number of carbonyl (C=O) groups excluding carboxylic acids is 1. The average molecular weight is 492 g/mol. The number of hydrogen-bond donors (Lipinski definition) is 1. The largest absolute Gasteiger partial charge is 0.508 e. The fourth-order valence-corrected chi connectivity index (χ4v) is 7.31. The van der Waals surface area contributed by atoms with E-state index in [0.717, 1.165) is 34.4 Å². The Hall–Kier alpha value is -2.37. The first-order valence-electron chi connectivity index (χ1n) is 13.4. The van der Waals surface area contributed by atoms with Crippen molar-refractivity contribution in [3.05, 3.63) is 58.5 Å². The van der Waals surface area contributed by atoms with Crippen molar-refractivity contribution < 1.29 is 14.6 Å². The smallest absolute Gasteiger partial charge is 0.194 e. The molecule has 186 valence electrons. The zero-order valence-electron chi connectivity index (χ0n) is 20.8. The van der Waals surface area contributed by atoms with Gasteiger partial charge in [-0.2, -0.15) is 0 Å². The minimum Gasteiger partial charge on any atom is -0.508 e. The third kappa shape index (κ3) is 5.57. The summed E-state index contributed by atoms with van der Waals surface area (Å²) in [5, 5.41) is 11.0. The number of fused-ring (bicyclic) bond motifs is 1. The molecule has 1 saturated carbocycles. The third-order valence-corrected chi connectivity index (χ3v) is 9.15. The molecular formula is C30H37NO3S. The number of rotatable bonds is 7. The Bertz CT molecular complexity index is 1140. The molecule has 0 amide bonds. The Labute approximate surface area is 212 Å². The van der Waals surface area contributed by atoms with Crippen molar-refractivity contribution in [3.63, 3.8) is 0 Å². The summed E-state index contributed by atoms with van der Waals surface area (Å²) in [5.74, 6) is 2.12. The molecule has 1 aromatic heterocycles. The maximum atomic E-state index is 13.8. The Morgan fingerprint density at radius 3 is 2.49 bits per heavy atom. The number of carbonyl (C=O) groups is 1. The van der Waals surface area contributed by atoms with E-state index < -0.39 is 0 Å². The Morgan fingerprint density at radius 2 is 1.74 bits per heavy atom. The highest BCUT2D eigenvalue weighted by atomic mass is 32.1. The standard InChI is InChI=1S/C30H37NO3S/c1-21-8-4-5-9-25(21)30-28(26-15-12-23(32)20-27(26)35-30)29(33)22-10-13-24(14-11-22)34-19-18-31-16-6-2-3-7-17-31/h10-15,20-21,25,32H,2-9,16-19H2,1H3. The normalized spacial score (nSPS) is 21.6. The SMILES string of the molecule is CC1CCCCC1c1sc2cc(O)ccc2c1C(=O)c1ccc(OCCN2CCCCCC2)cc1. The van der Waals surface area contributed by atoms with E-state index >= 15 is 0 Å². The predicted octanol–water partition coefficient (Wildman–Crippen LogP) is 7.39. The highest BCUT2D eigenvalue weighted by Gasteiger charge is 2.30. The molecule has 2 atom stereocenters. The number of aromatic hydroxyl groups is 1. The van der Waals surface area contributed by atoms with E-state index in [2.05, 4.69) is 11.8 Å². The van der Waals surface area contributed by atoms with E-state index in [-0.39, 0.29) is 11.5 Å². The fourth-order valence-electron chi connectivity index (χ4n) is 5.80. The van der Waals surface area contributed by atoms with Gasteiger partial charge in [0.15, 0.2) is 5.78 Å². The quantitative estimate of drug-likeness (QED) is 0.350. The summed E-state index contributed by atoms with van der Waals surface area (Å²) in [6.45, 7) is 6.29. The predicted molar refractivity (Wildman–Crippen MR) is 144 cm³/mol. The van der Waals surface area contributed by atoms with Gasteiger partial charge in [-0.1, -0.05) is 39.0 Å². The van der Waals surface area contributed by atoms with Crippen LogP contribution < -0.4 is 4.74 Å². The second-order valence-electron chi connectivity index (χ2n) is 10.3. The highest BCUT2D eigenvalue weighted by Crippen LogP contribution is 2.46. The van der Waals surface area contributed by atoms with Crippen molar-refractivity contribution >= 4 is 27.2 Å². The van der Waals surface area contributed by atoms with Crippen LogP contribution in [0.3, 0.4) is 0 Å².